The molecule has 1 N–H and O–H groups in total. The minimum Gasteiger partial charge on any atom is -0.476 e. The van der Waals surface area contributed by atoms with Crippen LogP contribution in [0.15, 0.2) is 16.6 Å². The molecule has 0 radical (unpaired) electrons. The van der Waals surface area contributed by atoms with Gasteiger partial charge >= 0.3 is 5.97 Å². The van der Waals surface area contributed by atoms with Crippen LogP contribution in [-0.4, -0.2) is 26.1 Å². The molecule has 5 nitrogen and oxygen atoms in total. The van der Waals surface area contributed by atoms with E-state index in [9.17, 15) is 4.79 Å². The van der Waals surface area contributed by atoms with Crippen molar-refractivity contribution in [1.29, 1.82) is 0 Å². The molecule has 0 aliphatic rings. The van der Waals surface area contributed by atoms with Crippen molar-refractivity contribution < 1.29 is 9.90 Å². The minimum absolute atomic E-state index is 0.0879. The lowest BCUT2D eigenvalue weighted by molar-refractivity contribution is 0.0688. The molecule has 0 bridgehead atoms. The van der Waals surface area contributed by atoms with Crippen LogP contribution in [0, 0.1) is 0 Å². The lowest BCUT2D eigenvalue weighted by atomic mass is 10.1. The van der Waals surface area contributed by atoms with Gasteiger partial charge in [0.1, 0.15) is 0 Å². The zero-order valence-electron chi connectivity index (χ0n) is 10.6. The molecule has 0 spiro atoms. The van der Waals surface area contributed by atoms with E-state index in [0.717, 1.165) is 0 Å². The summed E-state index contributed by atoms with van der Waals surface area (Å²) < 4.78 is 2.06. The van der Waals surface area contributed by atoms with E-state index in [-0.39, 0.29) is 16.6 Å². The number of aromatic carboxylic acids is 1. The molecule has 20 heavy (non-hydrogen) atoms. The van der Waals surface area contributed by atoms with E-state index in [2.05, 4.69) is 26.2 Å². The number of carboxylic acids is 1. The first-order valence-electron chi connectivity index (χ1n) is 5.67. The highest BCUT2D eigenvalue weighted by Crippen LogP contribution is 2.36. The molecule has 0 saturated carbocycles. The van der Waals surface area contributed by atoms with Crippen molar-refractivity contribution in [1.82, 2.24) is 15.0 Å². The summed E-state index contributed by atoms with van der Waals surface area (Å²) in [6.45, 7) is 3.71. The summed E-state index contributed by atoms with van der Waals surface area (Å²) in [4.78, 5) is 11.2. The molecule has 106 valence electrons. The monoisotopic (exact) mass is 377 g/mol. The fraction of sp³-hybridized carbons (Fsp3) is 0.250. The van der Waals surface area contributed by atoms with Crippen molar-refractivity contribution in [3.05, 3.63) is 38.0 Å². The number of carboxylic acid groups (broad SMARTS) is 1. The van der Waals surface area contributed by atoms with Gasteiger partial charge in [-0.25, -0.2) is 9.48 Å². The SMILES string of the molecule is CC(C)c1c(C(=O)O)nnn1-c1ccc(Br)c(Cl)c1Cl. The summed E-state index contributed by atoms with van der Waals surface area (Å²) in [5.74, 6) is -1.21. The normalized spacial score (nSPS) is 11.1. The molecule has 0 atom stereocenters. The molecule has 0 fully saturated rings. The molecular weight excluding hydrogens is 369 g/mol. The van der Waals surface area contributed by atoms with Gasteiger partial charge in [-0.05, 0) is 34.0 Å². The average Bonchev–Trinajstić information content (AvgIpc) is 2.81. The van der Waals surface area contributed by atoms with Crippen molar-refractivity contribution in [2.75, 3.05) is 0 Å². The van der Waals surface area contributed by atoms with Crippen molar-refractivity contribution in [3.8, 4) is 5.69 Å². The molecule has 1 heterocycles. The Morgan fingerprint density at radius 1 is 1.35 bits per heavy atom. The average molecular weight is 379 g/mol. The maximum Gasteiger partial charge on any atom is 0.358 e. The fourth-order valence-corrected chi connectivity index (χ4v) is 2.67. The van der Waals surface area contributed by atoms with Gasteiger partial charge in [-0.3, -0.25) is 0 Å². The van der Waals surface area contributed by atoms with E-state index < -0.39 is 5.97 Å². The molecule has 2 aromatic rings. The van der Waals surface area contributed by atoms with E-state index >= 15 is 0 Å². The summed E-state index contributed by atoms with van der Waals surface area (Å²) in [7, 11) is 0. The van der Waals surface area contributed by atoms with Gasteiger partial charge in [0, 0.05) is 4.47 Å². The number of benzene rings is 1. The first-order valence-corrected chi connectivity index (χ1v) is 7.22. The molecule has 1 aromatic carbocycles. The van der Waals surface area contributed by atoms with Crippen LogP contribution in [0.25, 0.3) is 5.69 Å². The highest BCUT2D eigenvalue weighted by Gasteiger charge is 2.24. The number of halogens is 3. The molecular formula is C12H10BrCl2N3O2. The summed E-state index contributed by atoms with van der Waals surface area (Å²) in [5, 5.41) is 17.4. The number of aromatic nitrogens is 3. The second-order valence-electron chi connectivity index (χ2n) is 4.39. The van der Waals surface area contributed by atoms with Crippen molar-refractivity contribution >= 4 is 45.1 Å². The van der Waals surface area contributed by atoms with Crippen LogP contribution >= 0.6 is 39.1 Å². The Balaban J connectivity index is 2.71. The number of rotatable bonds is 3. The maximum absolute atomic E-state index is 11.2. The van der Waals surface area contributed by atoms with Crippen molar-refractivity contribution in [2.24, 2.45) is 0 Å². The third kappa shape index (κ3) is 2.55. The van der Waals surface area contributed by atoms with Gasteiger partial charge in [-0.15, -0.1) is 5.10 Å². The quantitative estimate of drug-likeness (QED) is 0.814. The Hall–Kier alpha value is -1.11. The first kappa shape index (κ1) is 15.3. The van der Waals surface area contributed by atoms with Gasteiger partial charge < -0.3 is 5.11 Å². The topological polar surface area (TPSA) is 68.0 Å². The van der Waals surface area contributed by atoms with Crippen LogP contribution < -0.4 is 0 Å². The predicted octanol–water partition coefficient (Wildman–Crippen LogP) is 4.16. The van der Waals surface area contributed by atoms with Gasteiger partial charge in [-0.1, -0.05) is 42.3 Å². The third-order valence-corrected chi connectivity index (χ3v) is 4.46. The number of hydrogen-bond acceptors (Lipinski definition) is 3. The number of carbonyl (C=O) groups is 1. The highest BCUT2D eigenvalue weighted by molar-refractivity contribution is 9.10. The van der Waals surface area contributed by atoms with Crippen LogP contribution in [0.4, 0.5) is 0 Å². The van der Waals surface area contributed by atoms with Gasteiger partial charge in [0.05, 0.1) is 21.4 Å². The van der Waals surface area contributed by atoms with Crippen LogP contribution in [0.5, 0.6) is 0 Å². The predicted molar refractivity (Wildman–Crippen MR) is 80.1 cm³/mol. The van der Waals surface area contributed by atoms with Gasteiger partial charge in [0.2, 0.25) is 0 Å². The minimum atomic E-state index is -1.13. The van der Waals surface area contributed by atoms with Crippen molar-refractivity contribution in [2.45, 2.75) is 19.8 Å². The van der Waals surface area contributed by atoms with Crippen LogP contribution in [0.3, 0.4) is 0 Å². The smallest absolute Gasteiger partial charge is 0.358 e. The zero-order valence-corrected chi connectivity index (χ0v) is 13.7. The summed E-state index contributed by atoms with van der Waals surface area (Å²) in [5.41, 5.74) is 0.872. The summed E-state index contributed by atoms with van der Waals surface area (Å²) in [6, 6.07) is 3.42. The Bertz CT molecular complexity index is 686. The molecule has 8 heteroatoms. The second kappa shape index (κ2) is 5.71. The number of hydrogen-bond donors (Lipinski definition) is 1. The lowest BCUT2D eigenvalue weighted by Crippen LogP contribution is -2.09. The second-order valence-corrected chi connectivity index (χ2v) is 6.00. The van der Waals surface area contributed by atoms with E-state index in [1.54, 1.807) is 12.1 Å². The Morgan fingerprint density at radius 2 is 2.00 bits per heavy atom. The van der Waals surface area contributed by atoms with E-state index in [1.165, 1.54) is 4.68 Å². The fourth-order valence-electron chi connectivity index (χ4n) is 1.82. The Labute approximate surface area is 133 Å². The molecule has 0 unspecified atom stereocenters. The molecule has 0 amide bonds. The standard InChI is InChI=1S/C12H10BrCl2N3O2/c1-5(2)11-10(12(19)20)16-17-18(11)7-4-3-6(13)8(14)9(7)15/h3-5H,1-2H3,(H,19,20). The van der Waals surface area contributed by atoms with Crippen LogP contribution in [0.2, 0.25) is 10.0 Å². The zero-order chi connectivity index (χ0) is 15.0. The summed E-state index contributed by atoms with van der Waals surface area (Å²) in [6.07, 6.45) is 0. The van der Waals surface area contributed by atoms with E-state index in [0.29, 0.717) is 20.9 Å². The van der Waals surface area contributed by atoms with Crippen molar-refractivity contribution in [3.63, 3.8) is 0 Å². The van der Waals surface area contributed by atoms with Gasteiger partial charge in [0.25, 0.3) is 0 Å². The lowest BCUT2D eigenvalue weighted by Gasteiger charge is -2.12. The maximum atomic E-state index is 11.2. The van der Waals surface area contributed by atoms with Crippen LogP contribution in [-0.2, 0) is 0 Å². The largest absolute Gasteiger partial charge is 0.476 e. The molecule has 0 aliphatic carbocycles. The van der Waals surface area contributed by atoms with E-state index in [1.807, 2.05) is 13.8 Å². The Kier molecular flexibility index (Phi) is 4.36. The Morgan fingerprint density at radius 3 is 2.55 bits per heavy atom. The number of nitrogens with zero attached hydrogens (tertiary/aromatic N) is 3. The third-order valence-electron chi connectivity index (χ3n) is 2.70. The van der Waals surface area contributed by atoms with E-state index in [4.69, 9.17) is 28.3 Å². The van der Waals surface area contributed by atoms with Gasteiger partial charge in [0.15, 0.2) is 5.69 Å². The highest BCUT2D eigenvalue weighted by atomic mass is 79.9. The first-order chi connectivity index (χ1) is 9.34. The molecule has 2 rings (SSSR count). The molecule has 1 aromatic heterocycles. The summed E-state index contributed by atoms with van der Waals surface area (Å²) >= 11 is 15.6. The van der Waals surface area contributed by atoms with Crippen LogP contribution in [0.1, 0.15) is 35.9 Å². The van der Waals surface area contributed by atoms with Gasteiger partial charge in [-0.2, -0.15) is 0 Å². The molecule has 0 saturated heterocycles. The molecule has 0 aliphatic heterocycles.